The van der Waals surface area contributed by atoms with Crippen molar-refractivity contribution in [3.05, 3.63) is 32.8 Å². The van der Waals surface area contributed by atoms with Crippen molar-refractivity contribution < 1.29 is 19.2 Å². The van der Waals surface area contributed by atoms with Crippen LogP contribution in [0.25, 0.3) is 0 Å². The van der Waals surface area contributed by atoms with Gasteiger partial charge in [0.1, 0.15) is 0 Å². The largest absolute Gasteiger partial charge is 0.514 e. The third-order valence-electron chi connectivity index (χ3n) is 1.88. The quantitative estimate of drug-likeness (QED) is 0.364. The standard InChI is InChI=1S/C11H12ClNO5/c1-6(2)17-11(14)18-10-8(12)4-7(3)5-9(10)13(15)16/h4-6H,1-3H3. The van der Waals surface area contributed by atoms with Gasteiger partial charge in [0.15, 0.2) is 0 Å². The van der Waals surface area contributed by atoms with E-state index in [4.69, 9.17) is 21.1 Å². The topological polar surface area (TPSA) is 78.7 Å². The average molecular weight is 274 g/mol. The number of carbonyl (C=O) groups excluding carboxylic acids is 1. The first-order chi connectivity index (χ1) is 8.31. The summed E-state index contributed by atoms with van der Waals surface area (Å²) in [5.74, 6) is -0.307. The van der Waals surface area contributed by atoms with E-state index in [-0.39, 0.29) is 22.6 Å². The predicted octanol–water partition coefficient (Wildman–Crippen LogP) is 3.48. The highest BCUT2D eigenvalue weighted by molar-refractivity contribution is 6.32. The minimum atomic E-state index is -1.03. The zero-order valence-electron chi connectivity index (χ0n) is 10.1. The lowest BCUT2D eigenvalue weighted by molar-refractivity contribution is -0.385. The van der Waals surface area contributed by atoms with Crippen LogP contribution in [0.1, 0.15) is 19.4 Å². The van der Waals surface area contributed by atoms with Crippen LogP contribution in [0, 0.1) is 17.0 Å². The monoisotopic (exact) mass is 273 g/mol. The van der Waals surface area contributed by atoms with E-state index < -0.39 is 11.1 Å². The third kappa shape index (κ3) is 3.59. The fourth-order valence-corrected chi connectivity index (χ4v) is 1.55. The molecular formula is C11H12ClNO5. The first-order valence-corrected chi connectivity index (χ1v) is 5.52. The number of nitrogens with zero attached hydrogens (tertiary/aromatic N) is 1. The Morgan fingerprint density at radius 1 is 1.44 bits per heavy atom. The average Bonchev–Trinajstić information content (AvgIpc) is 2.20. The molecule has 1 aromatic rings. The Hall–Kier alpha value is -1.82. The molecule has 0 heterocycles. The summed E-state index contributed by atoms with van der Waals surface area (Å²) in [6, 6.07) is 2.73. The fraction of sp³-hybridized carbons (Fsp3) is 0.364. The zero-order chi connectivity index (χ0) is 13.9. The Kier molecular flexibility index (Phi) is 4.49. The van der Waals surface area contributed by atoms with Crippen LogP contribution in [-0.2, 0) is 4.74 Å². The van der Waals surface area contributed by atoms with Crippen LogP contribution in [0.5, 0.6) is 5.75 Å². The Balaban J connectivity index is 3.07. The van der Waals surface area contributed by atoms with Crippen molar-refractivity contribution in [2.24, 2.45) is 0 Å². The molecule has 6 nitrogen and oxygen atoms in total. The molecule has 0 aliphatic carbocycles. The molecule has 0 saturated carbocycles. The summed E-state index contributed by atoms with van der Waals surface area (Å²) < 4.78 is 9.50. The zero-order valence-corrected chi connectivity index (χ0v) is 10.9. The van der Waals surface area contributed by atoms with Crippen LogP contribution in [0.4, 0.5) is 10.5 Å². The van der Waals surface area contributed by atoms with Gasteiger partial charge >= 0.3 is 11.8 Å². The predicted molar refractivity (Wildman–Crippen MR) is 65.1 cm³/mol. The van der Waals surface area contributed by atoms with Gasteiger partial charge in [-0.15, -0.1) is 0 Å². The Morgan fingerprint density at radius 3 is 2.56 bits per heavy atom. The molecule has 0 saturated heterocycles. The van der Waals surface area contributed by atoms with E-state index >= 15 is 0 Å². The van der Waals surface area contributed by atoms with Crippen molar-refractivity contribution in [3.63, 3.8) is 0 Å². The molecule has 0 amide bonds. The van der Waals surface area contributed by atoms with E-state index in [0.717, 1.165) is 0 Å². The number of hydrogen-bond acceptors (Lipinski definition) is 5. The van der Waals surface area contributed by atoms with E-state index in [1.165, 1.54) is 12.1 Å². The smallest absolute Gasteiger partial charge is 0.431 e. The highest BCUT2D eigenvalue weighted by atomic mass is 35.5. The molecule has 0 spiro atoms. The van der Waals surface area contributed by atoms with Crippen LogP contribution in [-0.4, -0.2) is 17.2 Å². The normalized spacial score (nSPS) is 10.3. The maximum Gasteiger partial charge on any atom is 0.514 e. The van der Waals surface area contributed by atoms with Crippen LogP contribution < -0.4 is 4.74 Å². The van der Waals surface area contributed by atoms with Crippen molar-refractivity contribution in [1.82, 2.24) is 0 Å². The summed E-state index contributed by atoms with van der Waals surface area (Å²) in [5.41, 5.74) is 0.219. The van der Waals surface area contributed by atoms with Crippen molar-refractivity contribution in [2.75, 3.05) is 0 Å². The number of hydrogen-bond donors (Lipinski definition) is 0. The van der Waals surface area contributed by atoms with Gasteiger partial charge in [-0.3, -0.25) is 10.1 Å². The minimum absolute atomic E-state index is 0.0117. The molecular weight excluding hydrogens is 262 g/mol. The molecule has 1 rings (SSSR count). The van der Waals surface area contributed by atoms with Gasteiger partial charge in [0.2, 0.25) is 5.75 Å². The molecule has 0 fully saturated rings. The minimum Gasteiger partial charge on any atom is -0.431 e. The van der Waals surface area contributed by atoms with Crippen molar-refractivity contribution in [3.8, 4) is 5.75 Å². The first kappa shape index (κ1) is 14.2. The summed E-state index contributed by atoms with van der Waals surface area (Å²) in [5, 5.41) is 10.8. The molecule has 0 unspecified atom stereocenters. The van der Waals surface area contributed by atoms with Gasteiger partial charge in [-0.2, -0.15) is 0 Å². The molecule has 98 valence electrons. The first-order valence-electron chi connectivity index (χ1n) is 5.14. The van der Waals surface area contributed by atoms with Gasteiger partial charge in [0.25, 0.3) is 0 Å². The SMILES string of the molecule is Cc1cc(Cl)c(OC(=O)OC(C)C)c([N+](=O)[O-])c1. The molecule has 0 atom stereocenters. The number of rotatable bonds is 3. The highest BCUT2D eigenvalue weighted by Crippen LogP contribution is 2.36. The van der Waals surface area contributed by atoms with E-state index in [2.05, 4.69) is 0 Å². The number of benzene rings is 1. The van der Waals surface area contributed by atoms with Gasteiger partial charge in [-0.25, -0.2) is 4.79 Å². The molecule has 0 N–H and O–H groups in total. The molecule has 0 radical (unpaired) electrons. The highest BCUT2D eigenvalue weighted by Gasteiger charge is 2.23. The number of carbonyl (C=O) groups is 1. The van der Waals surface area contributed by atoms with Gasteiger partial charge in [-0.1, -0.05) is 11.6 Å². The molecule has 0 aliphatic heterocycles. The molecule has 0 aliphatic rings. The Morgan fingerprint density at radius 2 is 2.06 bits per heavy atom. The van der Waals surface area contributed by atoms with Crippen LogP contribution in [0.2, 0.25) is 5.02 Å². The van der Waals surface area contributed by atoms with Crippen LogP contribution in [0.3, 0.4) is 0 Å². The second-order valence-electron chi connectivity index (χ2n) is 3.87. The fourth-order valence-electron chi connectivity index (χ4n) is 1.25. The van der Waals surface area contributed by atoms with Crippen LogP contribution in [0.15, 0.2) is 12.1 Å². The van der Waals surface area contributed by atoms with Crippen LogP contribution >= 0.6 is 11.6 Å². The molecule has 7 heteroatoms. The number of ether oxygens (including phenoxy) is 2. The van der Waals surface area contributed by atoms with Crippen molar-refractivity contribution in [1.29, 1.82) is 0 Å². The second kappa shape index (κ2) is 5.68. The Bertz CT molecular complexity index is 487. The third-order valence-corrected chi connectivity index (χ3v) is 2.16. The van der Waals surface area contributed by atoms with Crippen molar-refractivity contribution in [2.45, 2.75) is 26.9 Å². The van der Waals surface area contributed by atoms with E-state index in [1.807, 2.05) is 0 Å². The number of nitro groups is 1. The van der Waals surface area contributed by atoms with E-state index in [0.29, 0.717) is 5.56 Å². The maximum absolute atomic E-state index is 11.3. The van der Waals surface area contributed by atoms with E-state index in [1.54, 1.807) is 20.8 Å². The molecule has 0 aromatic heterocycles. The maximum atomic E-state index is 11.3. The summed E-state index contributed by atoms with van der Waals surface area (Å²) in [7, 11) is 0. The molecule has 18 heavy (non-hydrogen) atoms. The van der Waals surface area contributed by atoms with Gasteiger partial charge in [-0.05, 0) is 32.4 Å². The number of aryl methyl sites for hydroxylation is 1. The summed E-state index contributed by atoms with van der Waals surface area (Å²) >= 11 is 5.82. The number of nitro benzene ring substituents is 1. The lowest BCUT2D eigenvalue weighted by Gasteiger charge is -2.10. The molecule has 1 aromatic carbocycles. The lowest BCUT2D eigenvalue weighted by Crippen LogP contribution is -2.16. The second-order valence-corrected chi connectivity index (χ2v) is 4.28. The van der Waals surface area contributed by atoms with Gasteiger partial charge in [0, 0.05) is 6.07 Å². The lowest BCUT2D eigenvalue weighted by atomic mass is 10.2. The van der Waals surface area contributed by atoms with Gasteiger partial charge < -0.3 is 9.47 Å². The Labute approximate surface area is 109 Å². The summed E-state index contributed by atoms with van der Waals surface area (Å²) in [6.45, 7) is 4.91. The molecule has 0 bridgehead atoms. The number of halogens is 1. The van der Waals surface area contributed by atoms with Gasteiger partial charge in [0.05, 0.1) is 16.0 Å². The van der Waals surface area contributed by atoms with Crippen molar-refractivity contribution >= 4 is 23.4 Å². The summed E-state index contributed by atoms with van der Waals surface area (Å²) in [4.78, 5) is 21.5. The van der Waals surface area contributed by atoms with E-state index in [9.17, 15) is 14.9 Å². The summed E-state index contributed by atoms with van der Waals surface area (Å²) in [6.07, 6.45) is -1.42.